The summed E-state index contributed by atoms with van der Waals surface area (Å²) >= 11 is 0. The molecular weight excluding hydrogens is 435 g/mol. The Morgan fingerprint density at radius 3 is 2.62 bits per heavy atom. The van der Waals surface area contributed by atoms with Crippen molar-refractivity contribution in [3.63, 3.8) is 0 Å². The van der Waals surface area contributed by atoms with Crippen LogP contribution in [0.2, 0.25) is 0 Å². The molecule has 2 aliphatic rings. The first-order valence-electron chi connectivity index (χ1n) is 9.20. The van der Waals surface area contributed by atoms with Crippen molar-refractivity contribution in [3.8, 4) is 0 Å². The summed E-state index contributed by atoms with van der Waals surface area (Å²) in [6.45, 7) is 4.05. The molecule has 1 unspecified atom stereocenters. The van der Waals surface area contributed by atoms with E-state index in [1.165, 1.54) is 42.7 Å². The van der Waals surface area contributed by atoms with Gasteiger partial charge in [-0.25, -0.2) is 0 Å². The van der Waals surface area contributed by atoms with Crippen LogP contribution in [0.15, 0.2) is 59.6 Å². The SMILES string of the molecule is CN(Cc1cccc(N2CCCC2)c1)C1=NCC(c2ccccc2)N1.I. The highest BCUT2D eigenvalue weighted by Crippen LogP contribution is 2.22. The van der Waals surface area contributed by atoms with Gasteiger partial charge in [-0.2, -0.15) is 0 Å². The molecule has 0 aliphatic carbocycles. The van der Waals surface area contributed by atoms with Crippen molar-refractivity contribution in [2.45, 2.75) is 25.4 Å². The molecule has 138 valence electrons. The number of benzene rings is 2. The molecule has 26 heavy (non-hydrogen) atoms. The van der Waals surface area contributed by atoms with Gasteiger partial charge in [-0.05, 0) is 36.1 Å². The molecule has 2 aliphatic heterocycles. The minimum atomic E-state index is 0. The smallest absolute Gasteiger partial charge is 0.194 e. The molecule has 0 radical (unpaired) electrons. The Hall–Kier alpha value is -1.76. The molecule has 0 saturated carbocycles. The fourth-order valence-corrected chi connectivity index (χ4v) is 3.71. The molecule has 2 aromatic carbocycles. The summed E-state index contributed by atoms with van der Waals surface area (Å²) in [5, 5.41) is 3.56. The number of nitrogens with one attached hydrogen (secondary N) is 1. The van der Waals surface area contributed by atoms with Crippen LogP contribution >= 0.6 is 24.0 Å². The standard InChI is InChI=1S/C21H26N4.HI/c1-24(21-22-15-20(23-21)18-9-3-2-4-10-18)16-17-8-7-11-19(14-17)25-12-5-6-13-25;/h2-4,7-11,14,20H,5-6,12-13,15-16H2,1H3,(H,22,23);1H. The molecule has 4 nitrogen and oxygen atoms in total. The molecule has 0 spiro atoms. The summed E-state index contributed by atoms with van der Waals surface area (Å²) in [6, 6.07) is 19.8. The highest BCUT2D eigenvalue weighted by Gasteiger charge is 2.21. The van der Waals surface area contributed by atoms with Crippen LogP contribution in [0.3, 0.4) is 0 Å². The van der Waals surface area contributed by atoms with Gasteiger partial charge in [0.1, 0.15) is 0 Å². The third-order valence-electron chi connectivity index (χ3n) is 5.09. The van der Waals surface area contributed by atoms with Crippen LogP contribution < -0.4 is 10.2 Å². The highest BCUT2D eigenvalue weighted by atomic mass is 127. The molecule has 1 saturated heterocycles. The van der Waals surface area contributed by atoms with E-state index in [0.717, 1.165) is 19.0 Å². The minimum Gasteiger partial charge on any atom is -0.372 e. The molecule has 5 heteroatoms. The van der Waals surface area contributed by atoms with Gasteiger partial charge in [0.15, 0.2) is 5.96 Å². The van der Waals surface area contributed by atoms with Gasteiger partial charge in [0.05, 0.1) is 12.6 Å². The van der Waals surface area contributed by atoms with Crippen molar-refractivity contribution >= 4 is 35.6 Å². The lowest BCUT2D eigenvalue weighted by Gasteiger charge is -2.23. The van der Waals surface area contributed by atoms with Gasteiger partial charge < -0.3 is 15.1 Å². The number of nitrogens with zero attached hydrogens (tertiary/aromatic N) is 3. The van der Waals surface area contributed by atoms with E-state index < -0.39 is 0 Å². The van der Waals surface area contributed by atoms with Crippen LogP contribution in [0.25, 0.3) is 0 Å². The lowest BCUT2D eigenvalue weighted by atomic mass is 10.1. The van der Waals surface area contributed by atoms with E-state index in [9.17, 15) is 0 Å². The highest BCUT2D eigenvalue weighted by molar-refractivity contribution is 14.0. The van der Waals surface area contributed by atoms with E-state index in [0.29, 0.717) is 0 Å². The molecule has 4 rings (SSSR count). The van der Waals surface area contributed by atoms with Crippen LogP contribution in [0.5, 0.6) is 0 Å². The average molecular weight is 462 g/mol. The van der Waals surface area contributed by atoms with E-state index in [4.69, 9.17) is 4.99 Å². The van der Waals surface area contributed by atoms with Crippen molar-refractivity contribution in [1.29, 1.82) is 0 Å². The Morgan fingerprint density at radius 2 is 1.85 bits per heavy atom. The molecule has 0 bridgehead atoms. The minimum absolute atomic E-state index is 0. The van der Waals surface area contributed by atoms with Crippen LogP contribution in [0.1, 0.15) is 30.0 Å². The number of anilines is 1. The number of guanidine groups is 1. The summed E-state index contributed by atoms with van der Waals surface area (Å²) in [5.41, 5.74) is 3.98. The van der Waals surface area contributed by atoms with Crippen LogP contribution in [-0.2, 0) is 6.54 Å². The van der Waals surface area contributed by atoms with E-state index >= 15 is 0 Å². The molecule has 2 aromatic rings. The van der Waals surface area contributed by atoms with Crippen molar-refractivity contribution in [1.82, 2.24) is 10.2 Å². The summed E-state index contributed by atoms with van der Waals surface area (Å²) in [6.07, 6.45) is 2.62. The second-order valence-corrected chi connectivity index (χ2v) is 6.99. The summed E-state index contributed by atoms with van der Waals surface area (Å²) < 4.78 is 0. The fourth-order valence-electron chi connectivity index (χ4n) is 3.71. The Labute approximate surface area is 173 Å². The molecule has 1 N–H and O–H groups in total. The lowest BCUT2D eigenvalue weighted by molar-refractivity contribution is 0.480. The van der Waals surface area contributed by atoms with Gasteiger partial charge in [-0.15, -0.1) is 24.0 Å². The van der Waals surface area contributed by atoms with Crippen LogP contribution in [0.4, 0.5) is 5.69 Å². The molecule has 1 fully saturated rings. The van der Waals surface area contributed by atoms with Crippen LogP contribution in [0, 0.1) is 0 Å². The Balaban J connectivity index is 0.00000196. The second kappa shape index (κ2) is 8.75. The van der Waals surface area contributed by atoms with E-state index in [1.54, 1.807) is 0 Å². The normalized spacial score (nSPS) is 18.9. The van der Waals surface area contributed by atoms with Crippen molar-refractivity contribution in [3.05, 3.63) is 65.7 Å². The quantitative estimate of drug-likeness (QED) is 0.697. The Morgan fingerprint density at radius 1 is 1.08 bits per heavy atom. The maximum Gasteiger partial charge on any atom is 0.194 e. The third-order valence-corrected chi connectivity index (χ3v) is 5.09. The van der Waals surface area contributed by atoms with Gasteiger partial charge in [0.25, 0.3) is 0 Å². The van der Waals surface area contributed by atoms with Crippen LogP contribution in [-0.4, -0.2) is 37.5 Å². The predicted octanol–water partition coefficient (Wildman–Crippen LogP) is 4.04. The van der Waals surface area contributed by atoms with Gasteiger partial charge >= 0.3 is 0 Å². The van der Waals surface area contributed by atoms with Gasteiger partial charge in [0, 0.05) is 32.4 Å². The largest absolute Gasteiger partial charge is 0.372 e. The van der Waals surface area contributed by atoms with E-state index in [-0.39, 0.29) is 30.0 Å². The lowest BCUT2D eigenvalue weighted by Crippen LogP contribution is -2.36. The number of halogens is 1. The molecule has 2 heterocycles. The first-order valence-corrected chi connectivity index (χ1v) is 9.20. The molecule has 1 atom stereocenters. The summed E-state index contributed by atoms with van der Waals surface area (Å²) in [7, 11) is 2.11. The summed E-state index contributed by atoms with van der Waals surface area (Å²) in [4.78, 5) is 9.41. The maximum atomic E-state index is 4.71. The summed E-state index contributed by atoms with van der Waals surface area (Å²) in [5.74, 6) is 0.987. The second-order valence-electron chi connectivity index (χ2n) is 6.99. The first kappa shape index (κ1) is 19.0. The van der Waals surface area contributed by atoms with E-state index in [1.807, 2.05) is 0 Å². The first-order chi connectivity index (χ1) is 12.3. The Kier molecular flexibility index (Phi) is 6.40. The van der Waals surface area contributed by atoms with Gasteiger partial charge in [-0.1, -0.05) is 42.5 Å². The maximum absolute atomic E-state index is 4.71. The number of rotatable bonds is 4. The third kappa shape index (κ3) is 4.31. The zero-order valence-electron chi connectivity index (χ0n) is 15.3. The number of hydrogen-bond acceptors (Lipinski definition) is 4. The van der Waals surface area contributed by atoms with Crippen molar-refractivity contribution in [2.75, 3.05) is 31.6 Å². The monoisotopic (exact) mass is 462 g/mol. The topological polar surface area (TPSA) is 30.9 Å². The Bertz CT molecular complexity index is 741. The average Bonchev–Trinajstić information content (AvgIpc) is 3.35. The number of aliphatic imine (C=N–C) groups is 1. The predicted molar refractivity (Wildman–Crippen MR) is 119 cm³/mol. The van der Waals surface area contributed by atoms with Gasteiger partial charge in [-0.3, -0.25) is 4.99 Å². The molecule has 0 amide bonds. The zero-order valence-corrected chi connectivity index (χ0v) is 17.6. The zero-order chi connectivity index (χ0) is 17.1. The number of hydrogen-bond donors (Lipinski definition) is 1. The van der Waals surface area contributed by atoms with Crippen molar-refractivity contribution in [2.24, 2.45) is 4.99 Å². The molecular formula is C21H27IN4. The van der Waals surface area contributed by atoms with Crippen molar-refractivity contribution < 1.29 is 0 Å². The molecule has 0 aromatic heterocycles. The van der Waals surface area contributed by atoms with E-state index in [2.05, 4.69) is 76.8 Å². The van der Waals surface area contributed by atoms with Gasteiger partial charge in [0.2, 0.25) is 0 Å². The fraction of sp³-hybridized carbons (Fsp3) is 0.381.